The Morgan fingerprint density at radius 3 is 1.41 bits per heavy atom. The molecule has 8 N–H and O–H groups in total. The predicted molar refractivity (Wildman–Crippen MR) is 107 cm³/mol. The third kappa shape index (κ3) is 4.14. The number of benzene rings is 2. The molecule has 0 spiro atoms. The van der Waals surface area contributed by atoms with Crippen molar-refractivity contribution < 1.29 is 13.5 Å². The molecule has 0 saturated heterocycles. The second kappa shape index (κ2) is 8.10. The monoisotopic (exact) mass is 378 g/mol. The highest BCUT2D eigenvalue weighted by molar-refractivity contribution is 5.58. The Balaban J connectivity index is 2.28. The molecule has 0 fully saturated rings. The smallest absolute Gasteiger partial charge is 0.129 e. The molecule has 2 unspecified atom stereocenters. The number of alkyl halides is 2. The van der Waals surface area contributed by atoms with Crippen LogP contribution in [-0.2, 0) is 10.8 Å². The van der Waals surface area contributed by atoms with E-state index in [0.29, 0.717) is 34.0 Å². The van der Waals surface area contributed by atoms with E-state index in [9.17, 15) is 8.78 Å². The first-order valence-corrected chi connectivity index (χ1v) is 8.73. The van der Waals surface area contributed by atoms with Gasteiger partial charge in [-0.25, -0.2) is 0 Å². The van der Waals surface area contributed by atoms with Gasteiger partial charge in [0.1, 0.15) is 24.8 Å². The van der Waals surface area contributed by atoms with Gasteiger partial charge >= 0.3 is 0 Å². The Bertz CT molecular complexity index is 724. The second-order valence-electron chi connectivity index (χ2n) is 7.40. The molecule has 0 heterocycles. The van der Waals surface area contributed by atoms with Crippen molar-refractivity contribution in [1.29, 1.82) is 0 Å². The van der Waals surface area contributed by atoms with Crippen LogP contribution < -0.4 is 27.7 Å². The zero-order valence-corrected chi connectivity index (χ0v) is 15.8. The van der Waals surface area contributed by atoms with E-state index in [4.69, 9.17) is 27.7 Å². The van der Waals surface area contributed by atoms with Gasteiger partial charge in [-0.05, 0) is 23.3 Å². The Labute approximate surface area is 158 Å². The van der Waals surface area contributed by atoms with Crippen molar-refractivity contribution in [1.82, 2.24) is 0 Å². The van der Waals surface area contributed by atoms with Crippen LogP contribution in [-0.4, -0.2) is 26.4 Å². The molecule has 0 aliphatic rings. The average molecular weight is 378 g/mol. The van der Waals surface area contributed by atoms with E-state index >= 15 is 0 Å². The summed E-state index contributed by atoms with van der Waals surface area (Å²) in [7, 11) is 0. The average Bonchev–Trinajstić information content (AvgIpc) is 2.67. The largest absolute Gasteiger partial charge is 0.457 e. The summed E-state index contributed by atoms with van der Waals surface area (Å²) in [4.78, 5) is 0. The lowest BCUT2D eigenvalue weighted by Gasteiger charge is -2.27. The van der Waals surface area contributed by atoms with Crippen LogP contribution in [0.1, 0.15) is 25.0 Å². The Hall–Kier alpha value is -2.38. The van der Waals surface area contributed by atoms with E-state index in [2.05, 4.69) is 0 Å². The molecule has 0 radical (unpaired) electrons. The van der Waals surface area contributed by atoms with Crippen LogP contribution in [0.4, 0.5) is 20.2 Å². The summed E-state index contributed by atoms with van der Waals surface area (Å²) in [5.74, 6) is 0.961. The van der Waals surface area contributed by atoms with Crippen LogP contribution in [0, 0.1) is 0 Å². The number of hydrogen-bond acceptors (Lipinski definition) is 5. The van der Waals surface area contributed by atoms with E-state index in [1.54, 1.807) is 50.2 Å². The lowest BCUT2D eigenvalue weighted by molar-refractivity contribution is 0.334. The lowest BCUT2D eigenvalue weighted by atomic mass is 9.82. The van der Waals surface area contributed by atoms with E-state index in [-0.39, 0.29) is 13.1 Å². The highest BCUT2D eigenvalue weighted by atomic mass is 19.1. The van der Waals surface area contributed by atoms with Gasteiger partial charge in [0, 0.05) is 47.4 Å². The van der Waals surface area contributed by atoms with Gasteiger partial charge in [-0.15, -0.1) is 0 Å². The molecule has 0 saturated carbocycles. The molecular weight excluding hydrogens is 350 g/mol. The summed E-state index contributed by atoms with van der Waals surface area (Å²) < 4.78 is 32.6. The molecule has 2 rings (SSSR count). The van der Waals surface area contributed by atoms with Gasteiger partial charge in [0.15, 0.2) is 0 Å². The number of ether oxygens (including phenoxy) is 1. The number of halogens is 2. The van der Waals surface area contributed by atoms with Crippen molar-refractivity contribution in [2.75, 3.05) is 37.9 Å². The molecule has 2 aromatic carbocycles. The highest BCUT2D eigenvalue weighted by Gasteiger charge is 2.28. The van der Waals surface area contributed by atoms with Gasteiger partial charge in [-0.3, -0.25) is 8.78 Å². The molecule has 0 amide bonds. The number of nitrogens with two attached hydrogens (primary N) is 4. The van der Waals surface area contributed by atoms with Gasteiger partial charge < -0.3 is 27.7 Å². The maximum absolute atomic E-state index is 13.4. The summed E-state index contributed by atoms with van der Waals surface area (Å²) in [6, 6.07) is 10.1. The third-order valence-corrected chi connectivity index (χ3v) is 5.07. The SMILES string of the molecule is CC(CN)(CF)c1ccc(Oc2ccc(C(C)(CN)CF)c(N)c2)cc1N. The molecule has 0 aliphatic carbocycles. The minimum atomic E-state index is -0.840. The third-order valence-electron chi connectivity index (χ3n) is 5.07. The molecule has 2 atom stereocenters. The number of rotatable bonds is 8. The fourth-order valence-electron chi connectivity index (χ4n) is 2.92. The minimum Gasteiger partial charge on any atom is -0.457 e. The molecule has 0 aromatic heterocycles. The van der Waals surface area contributed by atoms with Crippen molar-refractivity contribution in [2.45, 2.75) is 24.7 Å². The van der Waals surface area contributed by atoms with Crippen LogP contribution >= 0.6 is 0 Å². The Morgan fingerprint density at radius 1 is 0.778 bits per heavy atom. The fourth-order valence-corrected chi connectivity index (χ4v) is 2.92. The number of hydrogen-bond donors (Lipinski definition) is 4. The van der Waals surface area contributed by atoms with Gasteiger partial charge in [-0.2, -0.15) is 0 Å². The predicted octanol–water partition coefficient (Wildman–Crippen LogP) is 3.02. The van der Waals surface area contributed by atoms with Gasteiger partial charge in [0.25, 0.3) is 0 Å². The first-order valence-electron chi connectivity index (χ1n) is 8.73. The van der Waals surface area contributed by atoms with Crippen LogP contribution in [0.3, 0.4) is 0 Å². The molecular formula is C20H28F2N4O. The summed E-state index contributed by atoms with van der Waals surface area (Å²) >= 11 is 0. The lowest BCUT2D eigenvalue weighted by Crippen LogP contribution is -2.34. The topological polar surface area (TPSA) is 113 Å². The van der Waals surface area contributed by atoms with Crippen LogP contribution in [0.15, 0.2) is 36.4 Å². The normalized spacial score (nSPS) is 15.8. The first-order chi connectivity index (χ1) is 12.7. The quantitative estimate of drug-likeness (QED) is 0.527. The standard InChI is InChI=1S/C20H28F2N4O/c1-19(9-21,11-23)15-5-3-13(7-17(15)25)27-14-4-6-16(18(26)8-14)20(2,10-22)12-24/h3-8H,9-12,23-26H2,1-2H3. The van der Waals surface area contributed by atoms with Crippen molar-refractivity contribution >= 4 is 11.4 Å². The number of anilines is 2. The maximum Gasteiger partial charge on any atom is 0.129 e. The van der Waals surface area contributed by atoms with Crippen LogP contribution in [0.2, 0.25) is 0 Å². The van der Waals surface area contributed by atoms with E-state index in [0.717, 1.165) is 0 Å². The highest BCUT2D eigenvalue weighted by Crippen LogP contribution is 2.35. The van der Waals surface area contributed by atoms with E-state index in [1.807, 2.05) is 0 Å². The summed E-state index contributed by atoms with van der Waals surface area (Å²) in [5.41, 5.74) is 23.9. The fraction of sp³-hybridized carbons (Fsp3) is 0.400. The minimum absolute atomic E-state index is 0.139. The Morgan fingerprint density at radius 2 is 1.15 bits per heavy atom. The summed E-state index contributed by atoms with van der Waals surface area (Å²) in [5, 5.41) is 0. The molecule has 27 heavy (non-hydrogen) atoms. The van der Waals surface area contributed by atoms with Crippen molar-refractivity contribution in [3.8, 4) is 11.5 Å². The van der Waals surface area contributed by atoms with Gasteiger partial charge in [-0.1, -0.05) is 26.0 Å². The zero-order valence-electron chi connectivity index (χ0n) is 15.8. The Kier molecular flexibility index (Phi) is 6.28. The molecule has 0 bridgehead atoms. The summed E-state index contributed by atoms with van der Waals surface area (Å²) in [6.45, 7) is 2.50. The van der Waals surface area contributed by atoms with E-state index in [1.165, 1.54) is 0 Å². The number of nitrogen functional groups attached to an aromatic ring is 2. The molecule has 7 heteroatoms. The van der Waals surface area contributed by atoms with Crippen molar-refractivity contribution in [3.05, 3.63) is 47.5 Å². The van der Waals surface area contributed by atoms with Crippen LogP contribution in [0.5, 0.6) is 11.5 Å². The molecule has 148 valence electrons. The molecule has 0 aliphatic heterocycles. The summed E-state index contributed by atoms with van der Waals surface area (Å²) in [6.07, 6.45) is 0. The van der Waals surface area contributed by atoms with Crippen molar-refractivity contribution in [2.24, 2.45) is 11.5 Å². The van der Waals surface area contributed by atoms with E-state index < -0.39 is 24.2 Å². The molecule has 2 aromatic rings. The molecule has 5 nitrogen and oxygen atoms in total. The van der Waals surface area contributed by atoms with Crippen molar-refractivity contribution in [3.63, 3.8) is 0 Å². The second-order valence-corrected chi connectivity index (χ2v) is 7.40. The van der Waals surface area contributed by atoms with Gasteiger partial charge in [0.05, 0.1) is 0 Å². The van der Waals surface area contributed by atoms with Gasteiger partial charge in [0.2, 0.25) is 0 Å². The van der Waals surface area contributed by atoms with Crippen LogP contribution in [0.25, 0.3) is 0 Å². The zero-order chi connectivity index (χ0) is 20.2. The maximum atomic E-state index is 13.4. The first kappa shape index (κ1) is 20.9.